The monoisotopic (exact) mass is 378 g/mol. The van der Waals surface area contributed by atoms with Crippen LogP contribution in [0, 0.1) is 6.92 Å². The fourth-order valence-corrected chi connectivity index (χ4v) is 3.51. The van der Waals surface area contributed by atoms with Gasteiger partial charge in [0.15, 0.2) is 0 Å². The molecule has 28 heavy (non-hydrogen) atoms. The summed E-state index contributed by atoms with van der Waals surface area (Å²) in [4.78, 5) is 14.9. The van der Waals surface area contributed by atoms with Gasteiger partial charge in [-0.3, -0.25) is 4.79 Å². The molecule has 0 unspecified atom stereocenters. The van der Waals surface area contributed by atoms with E-state index in [4.69, 9.17) is 9.26 Å². The molecule has 0 radical (unpaired) electrons. The molecule has 1 atom stereocenters. The molecule has 1 aromatic carbocycles. The van der Waals surface area contributed by atoms with Crippen molar-refractivity contribution < 1.29 is 14.1 Å². The Morgan fingerprint density at radius 2 is 2.04 bits per heavy atom. The van der Waals surface area contributed by atoms with Crippen LogP contribution in [0.15, 0.2) is 47.0 Å². The van der Waals surface area contributed by atoms with Gasteiger partial charge in [-0.25, -0.2) is 0 Å². The van der Waals surface area contributed by atoms with Crippen LogP contribution in [-0.2, 0) is 0 Å². The topological polar surface area (TPSA) is 81.4 Å². The lowest BCUT2D eigenvalue weighted by Crippen LogP contribution is -2.30. The van der Waals surface area contributed by atoms with Gasteiger partial charge in [0.05, 0.1) is 18.3 Å². The van der Waals surface area contributed by atoms with Gasteiger partial charge in [0.2, 0.25) is 5.88 Å². The van der Waals surface area contributed by atoms with Gasteiger partial charge < -0.3 is 14.2 Å². The second-order valence-corrected chi connectivity index (χ2v) is 6.79. The molecule has 1 saturated heterocycles. The molecule has 1 aliphatic heterocycles. The Hall–Kier alpha value is -3.22. The molecular weight excluding hydrogens is 356 g/mol. The fraction of sp³-hybridized carbons (Fsp3) is 0.333. The van der Waals surface area contributed by atoms with E-state index in [1.165, 1.54) is 0 Å². The Bertz CT molecular complexity index is 951. The Morgan fingerprint density at radius 3 is 2.68 bits per heavy atom. The second kappa shape index (κ2) is 7.80. The van der Waals surface area contributed by atoms with Crippen LogP contribution in [0.1, 0.15) is 47.6 Å². The van der Waals surface area contributed by atoms with Gasteiger partial charge in [-0.05, 0) is 44.9 Å². The van der Waals surface area contributed by atoms with Gasteiger partial charge in [-0.1, -0.05) is 17.3 Å². The first-order valence-corrected chi connectivity index (χ1v) is 9.47. The largest absolute Gasteiger partial charge is 0.477 e. The molecule has 0 spiro atoms. The van der Waals surface area contributed by atoms with E-state index in [2.05, 4.69) is 15.4 Å². The maximum Gasteiger partial charge on any atom is 0.254 e. The van der Waals surface area contributed by atoms with Crippen LogP contribution in [-0.4, -0.2) is 39.3 Å². The average Bonchev–Trinajstić information content (AvgIpc) is 3.37. The van der Waals surface area contributed by atoms with E-state index in [-0.39, 0.29) is 11.9 Å². The Balaban J connectivity index is 1.50. The molecule has 0 saturated carbocycles. The summed E-state index contributed by atoms with van der Waals surface area (Å²) in [6.45, 7) is 5.04. The van der Waals surface area contributed by atoms with Gasteiger partial charge in [-0.15, -0.1) is 10.2 Å². The van der Waals surface area contributed by atoms with Crippen molar-refractivity contribution in [2.45, 2.75) is 32.7 Å². The number of carbonyl (C=O) groups excluding carboxylic acids is 1. The predicted octanol–water partition coefficient (Wildman–Crippen LogP) is 3.82. The van der Waals surface area contributed by atoms with Gasteiger partial charge in [-0.2, -0.15) is 0 Å². The minimum atomic E-state index is -0.0263. The maximum atomic E-state index is 13.0. The zero-order valence-corrected chi connectivity index (χ0v) is 16.0. The first kappa shape index (κ1) is 18.2. The number of amides is 1. The summed E-state index contributed by atoms with van der Waals surface area (Å²) in [5.41, 5.74) is 3.11. The summed E-state index contributed by atoms with van der Waals surface area (Å²) in [6.07, 6.45) is 1.86. The molecule has 1 amide bonds. The van der Waals surface area contributed by atoms with Crippen molar-refractivity contribution in [1.29, 1.82) is 0 Å². The van der Waals surface area contributed by atoms with E-state index < -0.39 is 0 Å². The number of benzene rings is 1. The normalized spacial score (nSPS) is 16.4. The lowest BCUT2D eigenvalue weighted by molar-refractivity contribution is 0.0731. The smallest absolute Gasteiger partial charge is 0.254 e. The summed E-state index contributed by atoms with van der Waals surface area (Å²) in [6, 6.07) is 13.0. The van der Waals surface area contributed by atoms with E-state index in [0.29, 0.717) is 18.1 Å². The zero-order valence-electron chi connectivity index (χ0n) is 16.0. The summed E-state index contributed by atoms with van der Waals surface area (Å²) in [7, 11) is 0. The van der Waals surface area contributed by atoms with Crippen molar-refractivity contribution in [2.75, 3.05) is 13.2 Å². The van der Waals surface area contributed by atoms with E-state index in [9.17, 15) is 4.79 Å². The summed E-state index contributed by atoms with van der Waals surface area (Å²) >= 11 is 0. The minimum Gasteiger partial charge on any atom is -0.477 e. The number of rotatable bonds is 5. The quantitative estimate of drug-likeness (QED) is 0.671. The van der Waals surface area contributed by atoms with E-state index in [1.807, 2.05) is 55.1 Å². The fourth-order valence-electron chi connectivity index (χ4n) is 3.51. The molecule has 3 aromatic rings. The van der Waals surface area contributed by atoms with Crippen molar-refractivity contribution in [1.82, 2.24) is 20.3 Å². The van der Waals surface area contributed by atoms with Gasteiger partial charge in [0.1, 0.15) is 11.5 Å². The molecule has 7 heteroatoms. The highest BCUT2D eigenvalue weighted by Gasteiger charge is 2.32. The van der Waals surface area contributed by atoms with E-state index in [0.717, 1.165) is 42.1 Å². The third-order valence-electron chi connectivity index (χ3n) is 4.86. The molecule has 3 heterocycles. The van der Waals surface area contributed by atoms with E-state index in [1.54, 1.807) is 6.07 Å². The Kier molecular flexibility index (Phi) is 5.06. The van der Waals surface area contributed by atoms with Crippen LogP contribution in [0.3, 0.4) is 0 Å². The SMILES string of the molecule is CCOc1ccc(-c2ccc(C(=O)N3CCC[C@H]3c3cc(C)on3)cc2)nn1. The van der Waals surface area contributed by atoms with Crippen molar-refractivity contribution in [3.8, 4) is 17.1 Å². The lowest BCUT2D eigenvalue weighted by atomic mass is 10.1. The zero-order chi connectivity index (χ0) is 19.5. The molecule has 1 aliphatic rings. The van der Waals surface area contributed by atoms with Crippen molar-refractivity contribution in [3.63, 3.8) is 0 Å². The number of hydrogen-bond donors (Lipinski definition) is 0. The molecule has 144 valence electrons. The number of nitrogens with zero attached hydrogens (tertiary/aromatic N) is 4. The van der Waals surface area contributed by atoms with Crippen molar-refractivity contribution in [3.05, 3.63) is 59.5 Å². The molecular formula is C21H22N4O3. The first-order chi connectivity index (χ1) is 13.7. The summed E-state index contributed by atoms with van der Waals surface area (Å²) in [5, 5.41) is 12.3. The molecule has 0 N–H and O–H groups in total. The van der Waals surface area contributed by atoms with Crippen LogP contribution in [0.4, 0.5) is 0 Å². The maximum absolute atomic E-state index is 13.0. The van der Waals surface area contributed by atoms with Crippen molar-refractivity contribution in [2.24, 2.45) is 0 Å². The first-order valence-electron chi connectivity index (χ1n) is 9.47. The standard InChI is InChI=1S/C21H22N4O3/c1-3-27-20-11-10-17(22-23-20)15-6-8-16(9-7-15)21(26)25-12-4-5-19(25)18-13-14(2)28-24-18/h6-11,13,19H,3-5,12H2,1-2H3/t19-/m0/s1. The van der Waals surface area contributed by atoms with Crippen LogP contribution in [0.5, 0.6) is 5.88 Å². The lowest BCUT2D eigenvalue weighted by Gasteiger charge is -2.23. The number of ether oxygens (including phenoxy) is 1. The summed E-state index contributed by atoms with van der Waals surface area (Å²) in [5.74, 6) is 1.27. The number of likely N-dealkylation sites (tertiary alicyclic amines) is 1. The molecule has 2 aromatic heterocycles. The van der Waals surface area contributed by atoms with Gasteiger partial charge in [0, 0.05) is 29.8 Å². The Morgan fingerprint density at radius 1 is 1.21 bits per heavy atom. The van der Waals surface area contributed by atoms with Crippen LogP contribution in [0.25, 0.3) is 11.3 Å². The molecule has 0 aliphatic carbocycles. The van der Waals surface area contributed by atoms with Gasteiger partial charge in [0.25, 0.3) is 5.91 Å². The highest BCUT2D eigenvalue weighted by molar-refractivity contribution is 5.95. The highest BCUT2D eigenvalue weighted by atomic mass is 16.5. The minimum absolute atomic E-state index is 0.00693. The van der Waals surface area contributed by atoms with Crippen LogP contribution >= 0.6 is 0 Å². The molecule has 0 bridgehead atoms. The number of hydrogen-bond acceptors (Lipinski definition) is 6. The number of carbonyl (C=O) groups is 1. The number of aromatic nitrogens is 3. The molecule has 4 rings (SSSR count). The van der Waals surface area contributed by atoms with Gasteiger partial charge >= 0.3 is 0 Å². The second-order valence-electron chi connectivity index (χ2n) is 6.79. The highest BCUT2D eigenvalue weighted by Crippen LogP contribution is 2.33. The third kappa shape index (κ3) is 3.60. The third-order valence-corrected chi connectivity index (χ3v) is 4.86. The Labute approximate surface area is 163 Å². The van der Waals surface area contributed by atoms with Crippen LogP contribution < -0.4 is 4.74 Å². The average molecular weight is 378 g/mol. The molecule has 1 fully saturated rings. The van der Waals surface area contributed by atoms with E-state index >= 15 is 0 Å². The molecule has 7 nitrogen and oxygen atoms in total. The van der Waals surface area contributed by atoms with Crippen molar-refractivity contribution >= 4 is 5.91 Å². The number of aryl methyl sites for hydroxylation is 1. The summed E-state index contributed by atoms with van der Waals surface area (Å²) < 4.78 is 10.5. The van der Waals surface area contributed by atoms with Crippen LogP contribution in [0.2, 0.25) is 0 Å². The predicted molar refractivity (Wildman–Crippen MR) is 103 cm³/mol.